The topological polar surface area (TPSA) is 181 Å². The minimum Gasteiger partial charge on any atom is -0.494 e. The molecule has 416 valence electrons. The molecule has 2 aliphatic carbocycles. The zero-order valence-corrected chi connectivity index (χ0v) is 45.7. The molecule has 2 aliphatic rings. The lowest BCUT2D eigenvalue weighted by atomic mass is 9.78. The molecule has 1 unspecified atom stereocenters. The third kappa shape index (κ3) is 16.4. The molecule has 0 radical (unpaired) electrons. The van der Waals surface area contributed by atoms with Crippen molar-refractivity contribution in [2.24, 2.45) is 17.8 Å². The summed E-state index contributed by atoms with van der Waals surface area (Å²) in [6, 6.07) is 24.7. The Labute approximate surface area is 460 Å². The van der Waals surface area contributed by atoms with Crippen LogP contribution >= 0.6 is 11.3 Å². The Morgan fingerprint density at radius 2 is 1.29 bits per heavy atom. The Bertz CT molecular complexity index is 2890. The smallest absolute Gasteiger partial charge is 0.330 e. The number of carbonyl (C=O) groups is 3. The highest BCUT2D eigenvalue weighted by molar-refractivity contribution is 7.21. The van der Waals surface area contributed by atoms with Gasteiger partial charge in [0.25, 0.3) is 0 Å². The summed E-state index contributed by atoms with van der Waals surface area (Å²) < 4.78 is 41.7. The first-order valence-corrected chi connectivity index (χ1v) is 28.4. The lowest BCUT2D eigenvalue weighted by Gasteiger charge is -2.32. The van der Waals surface area contributed by atoms with Gasteiger partial charge in [0.15, 0.2) is 16.5 Å². The largest absolute Gasteiger partial charge is 0.494 e. The lowest BCUT2D eigenvalue weighted by Crippen LogP contribution is -2.30. The molecule has 2 heterocycles. The number of aromatic nitrogens is 1. The number of carbonyl (C=O) groups excluding carboxylic acids is 3. The van der Waals surface area contributed by atoms with Crippen LogP contribution in [0.5, 0.6) is 28.7 Å². The molecule has 1 N–H and O–H groups in total. The van der Waals surface area contributed by atoms with Gasteiger partial charge in [-0.1, -0.05) is 25.3 Å². The number of benzene rings is 4. The van der Waals surface area contributed by atoms with Gasteiger partial charge in [0.1, 0.15) is 40.2 Å². The Morgan fingerprint density at radius 3 is 1.90 bits per heavy atom. The molecule has 0 aliphatic heterocycles. The SMILES string of the molecule is C=CC(=O)OCCCCCCOc1ccc(OOCC2CCC(C(OO)c3ccc(OC4CCC(C(=O)Oc5ccc(OCCCCCCOC(=O)C=C)cc5)CC4)c4nc(-c5cc6c(C)cc(C)cc6o5)sc34)CC2)cc1. The molecule has 16 heteroatoms. The third-order valence-corrected chi connectivity index (χ3v) is 15.7. The van der Waals surface area contributed by atoms with Gasteiger partial charge in [0.2, 0.25) is 0 Å². The van der Waals surface area contributed by atoms with Crippen molar-refractivity contribution >= 4 is 50.4 Å². The fourth-order valence-corrected chi connectivity index (χ4v) is 11.3. The highest BCUT2D eigenvalue weighted by atomic mass is 32.1. The highest BCUT2D eigenvalue weighted by Gasteiger charge is 2.34. The maximum atomic E-state index is 13.4. The van der Waals surface area contributed by atoms with Crippen molar-refractivity contribution in [3.63, 3.8) is 0 Å². The molecule has 78 heavy (non-hydrogen) atoms. The van der Waals surface area contributed by atoms with E-state index in [4.69, 9.17) is 52.5 Å². The van der Waals surface area contributed by atoms with Gasteiger partial charge in [-0.15, -0.1) is 11.3 Å². The van der Waals surface area contributed by atoms with E-state index in [2.05, 4.69) is 33.1 Å². The molecule has 2 fully saturated rings. The molecule has 2 saturated carbocycles. The van der Waals surface area contributed by atoms with Crippen LogP contribution in [-0.2, 0) is 33.6 Å². The van der Waals surface area contributed by atoms with Gasteiger partial charge in [0, 0.05) is 23.1 Å². The molecule has 6 aromatic rings. The number of rotatable bonds is 30. The van der Waals surface area contributed by atoms with Crippen LogP contribution in [-0.4, -0.2) is 67.3 Å². The maximum Gasteiger partial charge on any atom is 0.330 e. The van der Waals surface area contributed by atoms with Crippen LogP contribution in [0.3, 0.4) is 0 Å². The number of aryl methyl sites for hydroxylation is 2. The Hall–Kier alpha value is -6.72. The van der Waals surface area contributed by atoms with Crippen molar-refractivity contribution in [3.05, 3.63) is 121 Å². The zero-order chi connectivity index (χ0) is 54.6. The van der Waals surface area contributed by atoms with Gasteiger partial charge in [-0.3, -0.25) is 10.1 Å². The Kier molecular flexibility index (Phi) is 21.6. The molecule has 0 spiro atoms. The van der Waals surface area contributed by atoms with Crippen LogP contribution < -0.4 is 23.8 Å². The van der Waals surface area contributed by atoms with E-state index in [1.54, 1.807) is 12.1 Å². The average Bonchev–Trinajstić information content (AvgIpc) is 4.29. The maximum absolute atomic E-state index is 13.4. The fraction of sp³-hybridized carbons (Fsp3) is 0.452. The number of unbranched alkanes of at least 4 members (excludes halogenated alkanes) is 6. The average molecular weight is 1090 g/mol. The van der Waals surface area contributed by atoms with Gasteiger partial charge < -0.3 is 37.7 Å². The minimum atomic E-state index is -0.599. The number of fused-ring (bicyclic) bond motifs is 2. The zero-order valence-electron chi connectivity index (χ0n) is 44.9. The van der Waals surface area contributed by atoms with Gasteiger partial charge in [-0.2, -0.15) is 4.89 Å². The van der Waals surface area contributed by atoms with Crippen LogP contribution in [0.1, 0.15) is 126 Å². The predicted octanol–water partition coefficient (Wildman–Crippen LogP) is 14.6. The number of ether oxygens (including phenoxy) is 6. The Balaban J connectivity index is 0.825. The van der Waals surface area contributed by atoms with Gasteiger partial charge in [0.05, 0.1) is 49.8 Å². The third-order valence-electron chi connectivity index (χ3n) is 14.5. The monoisotopic (exact) mass is 1090 g/mol. The number of hydrogen-bond donors (Lipinski definition) is 1. The van der Waals surface area contributed by atoms with E-state index in [-0.39, 0.29) is 35.8 Å². The second-order valence-electron chi connectivity index (χ2n) is 20.4. The number of furan rings is 1. The molecular formula is C62H73NO14S. The van der Waals surface area contributed by atoms with Crippen LogP contribution in [0, 0.1) is 31.6 Å². The molecule has 0 amide bonds. The van der Waals surface area contributed by atoms with E-state index in [1.807, 2.05) is 60.7 Å². The lowest BCUT2D eigenvalue weighted by molar-refractivity contribution is -0.296. The van der Waals surface area contributed by atoms with Gasteiger partial charge in [-0.25, -0.2) is 19.5 Å². The first-order valence-electron chi connectivity index (χ1n) is 27.5. The van der Waals surface area contributed by atoms with Crippen LogP contribution in [0.15, 0.2) is 109 Å². The van der Waals surface area contributed by atoms with Gasteiger partial charge in [-0.05, 0) is 206 Å². The summed E-state index contributed by atoms with van der Waals surface area (Å²) in [4.78, 5) is 57.7. The minimum absolute atomic E-state index is 0.0377. The highest BCUT2D eigenvalue weighted by Crippen LogP contribution is 2.46. The van der Waals surface area contributed by atoms with Crippen molar-refractivity contribution in [3.8, 4) is 39.5 Å². The molecule has 2 aromatic heterocycles. The Morgan fingerprint density at radius 1 is 0.705 bits per heavy atom. The summed E-state index contributed by atoms with van der Waals surface area (Å²) in [6.45, 7) is 13.3. The van der Waals surface area contributed by atoms with Crippen molar-refractivity contribution in [2.45, 2.75) is 129 Å². The first-order chi connectivity index (χ1) is 38.1. The normalized spacial score (nSPS) is 17.7. The molecule has 15 nitrogen and oxygen atoms in total. The summed E-state index contributed by atoms with van der Waals surface area (Å²) in [5.41, 5.74) is 4.56. The molecular weight excluding hydrogens is 1010 g/mol. The fourth-order valence-electron chi connectivity index (χ4n) is 10.2. The van der Waals surface area contributed by atoms with E-state index < -0.39 is 12.1 Å². The predicted molar refractivity (Wildman–Crippen MR) is 298 cm³/mol. The van der Waals surface area contributed by atoms with E-state index >= 15 is 0 Å². The van der Waals surface area contributed by atoms with Crippen LogP contribution in [0.25, 0.3) is 32.0 Å². The van der Waals surface area contributed by atoms with Crippen molar-refractivity contribution in [2.75, 3.05) is 33.0 Å². The summed E-state index contributed by atoms with van der Waals surface area (Å²) in [7, 11) is 0. The number of hydrogen-bond acceptors (Lipinski definition) is 16. The summed E-state index contributed by atoms with van der Waals surface area (Å²) in [5, 5.41) is 12.4. The van der Waals surface area contributed by atoms with E-state index in [9.17, 15) is 19.6 Å². The molecule has 4 aromatic carbocycles. The molecule has 8 rings (SSSR count). The second-order valence-corrected chi connectivity index (χ2v) is 21.4. The quantitative estimate of drug-likeness (QED) is 0.0112. The summed E-state index contributed by atoms with van der Waals surface area (Å²) >= 11 is 1.50. The van der Waals surface area contributed by atoms with Crippen LogP contribution in [0.4, 0.5) is 0 Å². The molecule has 1 atom stereocenters. The molecule has 0 bridgehead atoms. The van der Waals surface area contributed by atoms with E-state index in [0.29, 0.717) is 98.0 Å². The van der Waals surface area contributed by atoms with E-state index in [1.165, 1.54) is 23.5 Å². The number of thiazole rings is 1. The van der Waals surface area contributed by atoms with Crippen LogP contribution in [0.2, 0.25) is 0 Å². The molecule has 0 saturated heterocycles. The number of esters is 3. The standard InChI is InChI=1S/C62H73NO14S/c1-5-56(64)70-35-13-9-7-11-33-68-46-23-27-49(28-24-46)74-62(66)45-19-21-48(22-20-45)73-53-32-31-51(60-58(53)63-61(78-60)55-39-52-42(4)37-41(3)38-54(52)75-55)59(76-67)44-17-15-43(16-18-44)40-72-77-50-29-25-47(26-30-50)69-34-12-8-10-14-36-71-57(65)6-2/h5-6,23-32,37-39,43-45,48,59,67H,1-2,7-22,33-36,40H2,3-4H3. The number of nitrogens with zero attached hydrogens (tertiary/aromatic N) is 1. The first kappa shape index (κ1) is 57.5. The van der Waals surface area contributed by atoms with Crippen molar-refractivity contribution in [1.82, 2.24) is 4.98 Å². The summed E-state index contributed by atoms with van der Waals surface area (Å²) in [5.74, 6) is 2.82. The van der Waals surface area contributed by atoms with Crippen molar-refractivity contribution in [1.29, 1.82) is 0 Å². The van der Waals surface area contributed by atoms with Crippen molar-refractivity contribution < 1.29 is 67.1 Å². The summed E-state index contributed by atoms with van der Waals surface area (Å²) in [6.07, 6.45) is 14.8. The van der Waals surface area contributed by atoms with E-state index in [0.717, 1.165) is 115 Å². The van der Waals surface area contributed by atoms with Gasteiger partial charge >= 0.3 is 17.9 Å². The second kappa shape index (κ2) is 29.3.